The molecule has 4 aromatic rings. The van der Waals surface area contributed by atoms with E-state index in [-0.39, 0.29) is 24.9 Å². The minimum Gasteiger partial charge on any atom is -0.489 e. The highest BCUT2D eigenvalue weighted by Gasteiger charge is 2.28. The van der Waals surface area contributed by atoms with E-state index in [1.807, 2.05) is 74.0 Å². The van der Waals surface area contributed by atoms with Gasteiger partial charge in [0.1, 0.15) is 18.0 Å². The molecule has 0 fully saturated rings. The lowest BCUT2D eigenvalue weighted by Gasteiger charge is -2.37. The molecule has 1 N–H and O–H groups in total. The third kappa shape index (κ3) is 9.10. The quantitative estimate of drug-likeness (QED) is 0.256. The van der Waals surface area contributed by atoms with Crippen LogP contribution in [0.3, 0.4) is 0 Å². The molecule has 1 atom stereocenters. The lowest BCUT2D eigenvalue weighted by molar-refractivity contribution is -0.191. The summed E-state index contributed by atoms with van der Waals surface area (Å²) in [5.74, 6) is 1.36. The molecule has 1 aliphatic rings. The van der Waals surface area contributed by atoms with Crippen LogP contribution in [0.5, 0.6) is 5.75 Å². The largest absolute Gasteiger partial charge is 0.489 e. The molecule has 1 amide bonds. The zero-order valence-corrected chi connectivity index (χ0v) is 26.8. The summed E-state index contributed by atoms with van der Waals surface area (Å²) >= 11 is 0. The highest BCUT2D eigenvalue weighted by atomic mass is 16.6. The number of nitrogens with zero attached hydrogens (tertiary/aromatic N) is 5. The second-order valence-electron chi connectivity index (χ2n) is 12.0. The van der Waals surface area contributed by atoms with Crippen molar-refractivity contribution in [3.63, 3.8) is 0 Å². The number of fused-ring (bicyclic) bond motifs is 2. The first-order valence-electron chi connectivity index (χ1n) is 15.2. The second kappa shape index (κ2) is 15.9. The van der Waals surface area contributed by atoms with E-state index < -0.39 is 5.60 Å². The summed E-state index contributed by atoms with van der Waals surface area (Å²) < 4.78 is 13.7. The van der Waals surface area contributed by atoms with E-state index in [1.165, 1.54) is 5.56 Å². The molecule has 11 nitrogen and oxygen atoms in total. The van der Waals surface area contributed by atoms with Gasteiger partial charge in [0, 0.05) is 44.6 Å². The van der Waals surface area contributed by atoms with Crippen molar-refractivity contribution in [3.05, 3.63) is 101 Å². The van der Waals surface area contributed by atoms with Gasteiger partial charge in [0.15, 0.2) is 0 Å². The standard InChI is InChI=1S/C34H41N5O4.CO2/c1-34(2,3)43-33(41)37(4)16-9-17-38-19-14-26-21-31(42-24-25-10-6-5-7-11-25)27(23-40)20-29(26)30(38)13-12-28-22-36-32-35-15-8-18-39(28)32;2-1-3/h5-8,10-13,15,18,20-22,30,40H,9,14,16-17,19,23-24H2,1-4H3;/b13-12+;. The minimum absolute atomic E-state index is 0.0359. The molecule has 1 unspecified atom stereocenters. The third-order valence-corrected chi connectivity index (χ3v) is 7.52. The number of aliphatic hydroxyl groups is 1. The summed E-state index contributed by atoms with van der Waals surface area (Å²) in [7, 11) is 1.78. The summed E-state index contributed by atoms with van der Waals surface area (Å²) in [5.41, 5.74) is 4.60. The molecule has 0 aliphatic carbocycles. The number of aliphatic hydroxyl groups excluding tert-OH is 1. The molecule has 3 heterocycles. The fraction of sp³-hybridized carbons (Fsp3) is 0.371. The number of carbonyl (C=O) groups excluding carboxylic acids is 3. The van der Waals surface area contributed by atoms with Gasteiger partial charge in [-0.25, -0.2) is 14.8 Å². The number of rotatable bonds is 10. The lowest BCUT2D eigenvalue weighted by atomic mass is 9.89. The highest BCUT2D eigenvalue weighted by molar-refractivity contribution is 5.67. The number of carbonyl (C=O) groups is 1. The zero-order chi connectivity index (χ0) is 33.1. The summed E-state index contributed by atoms with van der Waals surface area (Å²) in [6.45, 7) is 8.17. The molecular formula is C35H41N5O6. The lowest BCUT2D eigenvalue weighted by Crippen LogP contribution is -2.38. The minimum atomic E-state index is -0.529. The van der Waals surface area contributed by atoms with E-state index >= 15 is 0 Å². The predicted octanol–water partition coefficient (Wildman–Crippen LogP) is 5.09. The van der Waals surface area contributed by atoms with Crippen LogP contribution >= 0.6 is 0 Å². The van der Waals surface area contributed by atoms with Crippen LogP contribution in [0.1, 0.15) is 61.2 Å². The van der Waals surface area contributed by atoms with Crippen LogP contribution < -0.4 is 4.74 Å². The molecule has 2 aromatic carbocycles. The Hall–Kier alpha value is -4.83. The first-order chi connectivity index (χ1) is 22.1. The monoisotopic (exact) mass is 627 g/mol. The molecular weight excluding hydrogens is 586 g/mol. The van der Waals surface area contributed by atoms with Crippen molar-refractivity contribution in [2.45, 2.75) is 58.5 Å². The number of ether oxygens (including phenoxy) is 2. The van der Waals surface area contributed by atoms with Crippen molar-refractivity contribution >= 4 is 24.1 Å². The molecule has 5 rings (SSSR count). The van der Waals surface area contributed by atoms with Gasteiger partial charge < -0.3 is 19.5 Å². The van der Waals surface area contributed by atoms with Crippen molar-refractivity contribution in [1.29, 1.82) is 0 Å². The Bertz CT molecular complexity index is 1660. The highest BCUT2D eigenvalue weighted by Crippen LogP contribution is 2.36. The summed E-state index contributed by atoms with van der Waals surface area (Å²) in [6.07, 6.45) is 11.4. The number of amides is 1. The Morgan fingerprint density at radius 1 is 1.15 bits per heavy atom. The molecule has 11 heteroatoms. The Kier molecular flexibility index (Phi) is 11.8. The topological polar surface area (TPSA) is 127 Å². The average Bonchev–Trinajstić information content (AvgIpc) is 3.45. The maximum atomic E-state index is 12.5. The van der Waals surface area contributed by atoms with E-state index in [0.29, 0.717) is 24.7 Å². The van der Waals surface area contributed by atoms with Crippen molar-refractivity contribution in [3.8, 4) is 5.75 Å². The zero-order valence-electron chi connectivity index (χ0n) is 26.8. The summed E-state index contributed by atoms with van der Waals surface area (Å²) in [5, 5.41) is 10.3. The van der Waals surface area contributed by atoms with Crippen LogP contribution in [0.15, 0.2) is 73.2 Å². The molecule has 0 radical (unpaired) electrons. The van der Waals surface area contributed by atoms with Crippen molar-refractivity contribution < 1.29 is 29.0 Å². The average molecular weight is 628 g/mol. The summed E-state index contributed by atoms with van der Waals surface area (Å²) in [6, 6.07) is 16.1. The molecule has 2 aromatic heterocycles. The first-order valence-corrected chi connectivity index (χ1v) is 15.2. The second-order valence-corrected chi connectivity index (χ2v) is 12.0. The molecule has 0 spiro atoms. The fourth-order valence-electron chi connectivity index (χ4n) is 5.35. The van der Waals surface area contributed by atoms with Gasteiger partial charge in [0.25, 0.3) is 0 Å². The normalized spacial score (nSPS) is 14.7. The van der Waals surface area contributed by atoms with Gasteiger partial charge >= 0.3 is 12.2 Å². The fourth-order valence-corrected chi connectivity index (χ4v) is 5.35. The molecule has 0 saturated carbocycles. The van der Waals surface area contributed by atoms with Crippen LogP contribution in [0.25, 0.3) is 11.9 Å². The maximum Gasteiger partial charge on any atom is 0.410 e. The smallest absolute Gasteiger partial charge is 0.410 e. The molecule has 1 aliphatic heterocycles. The van der Waals surface area contributed by atoms with E-state index in [1.54, 1.807) is 18.1 Å². The van der Waals surface area contributed by atoms with E-state index in [4.69, 9.17) is 19.1 Å². The van der Waals surface area contributed by atoms with Crippen LogP contribution in [0, 0.1) is 0 Å². The van der Waals surface area contributed by atoms with Gasteiger partial charge in [-0.2, -0.15) is 9.59 Å². The van der Waals surface area contributed by atoms with E-state index in [0.717, 1.165) is 48.3 Å². The Morgan fingerprint density at radius 3 is 2.63 bits per heavy atom. The van der Waals surface area contributed by atoms with Gasteiger partial charge in [-0.15, -0.1) is 0 Å². The third-order valence-electron chi connectivity index (χ3n) is 7.52. The number of benzene rings is 2. The summed E-state index contributed by atoms with van der Waals surface area (Å²) in [4.78, 5) is 41.6. The van der Waals surface area contributed by atoms with Gasteiger partial charge in [0.05, 0.1) is 24.5 Å². The van der Waals surface area contributed by atoms with E-state index in [9.17, 15) is 9.90 Å². The number of hydrogen-bond acceptors (Lipinski definition) is 9. The molecule has 242 valence electrons. The maximum absolute atomic E-state index is 12.5. The predicted molar refractivity (Wildman–Crippen MR) is 172 cm³/mol. The number of hydrogen-bond donors (Lipinski definition) is 1. The van der Waals surface area contributed by atoms with Gasteiger partial charge in [0.2, 0.25) is 5.78 Å². The van der Waals surface area contributed by atoms with Gasteiger partial charge in [-0.3, -0.25) is 9.30 Å². The van der Waals surface area contributed by atoms with E-state index in [2.05, 4.69) is 39.2 Å². The van der Waals surface area contributed by atoms with Gasteiger partial charge in [-0.05, 0) is 74.6 Å². The Labute approximate surface area is 269 Å². The Balaban J connectivity index is 0.00000154. The number of imidazole rings is 1. The van der Waals surface area contributed by atoms with Crippen molar-refractivity contribution in [2.75, 3.05) is 26.7 Å². The molecule has 0 bridgehead atoms. The Morgan fingerprint density at radius 2 is 1.91 bits per heavy atom. The van der Waals surface area contributed by atoms with Crippen LogP contribution in [-0.2, 0) is 34.0 Å². The molecule has 46 heavy (non-hydrogen) atoms. The van der Waals surface area contributed by atoms with Crippen LogP contribution in [0.2, 0.25) is 0 Å². The SMILES string of the molecule is CN(CCCN1CCc2cc(OCc3ccccc3)c(CO)cc2C1/C=C/c1cnc2ncccn12)C(=O)OC(C)(C)C.O=C=O. The first kappa shape index (κ1) is 34.1. The van der Waals surface area contributed by atoms with Crippen LogP contribution in [0.4, 0.5) is 4.79 Å². The number of aromatic nitrogens is 3. The van der Waals surface area contributed by atoms with Gasteiger partial charge in [-0.1, -0.05) is 36.4 Å². The van der Waals surface area contributed by atoms with Crippen LogP contribution in [-0.4, -0.2) is 73.8 Å². The van der Waals surface area contributed by atoms with Crippen molar-refractivity contribution in [1.82, 2.24) is 24.2 Å². The molecule has 0 saturated heterocycles. The van der Waals surface area contributed by atoms with Crippen molar-refractivity contribution in [2.24, 2.45) is 0 Å².